The summed E-state index contributed by atoms with van der Waals surface area (Å²) in [6, 6.07) is 23.6. The Kier molecular flexibility index (Phi) is 7.83. The fourth-order valence-corrected chi connectivity index (χ4v) is 4.47. The van der Waals surface area contributed by atoms with E-state index in [0.717, 1.165) is 12.1 Å². The summed E-state index contributed by atoms with van der Waals surface area (Å²) in [5.74, 6) is 0.0506. The highest BCUT2D eigenvalue weighted by Gasteiger charge is 2.31. The quantitative estimate of drug-likeness (QED) is 0.196. The summed E-state index contributed by atoms with van der Waals surface area (Å²) in [4.78, 5) is 17.8. The summed E-state index contributed by atoms with van der Waals surface area (Å²) >= 11 is 6.40. The van der Waals surface area contributed by atoms with Crippen LogP contribution in [0, 0.1) is 6.92 Å². The first-order valence-corrected chi connectivity index (χ1v) is 12.6. The normalized spacial score (nSPS) is 11.4. The van der Waals surface area contributed by atoms with Gasteiger partial charge in [0.1, 0.15) is 23.0 Å². The Morgan fingerprint density at radius 1 is 0.902 bits per heavy atom. The van der Waals surface area contributed by atoms with Crippen LogP contribution >= 0.6 is 11.6 Å². The number of aryl methyl sites for hydroxylation is 1. The Bertz CT molecular complexity index is 1710. The fourth-order valence-electron chi connectivity index (χ4n) is 4.24. The number of esters is 1. The van der Waals surface area contributed by atoms with Crippen LogP contribution < -0.4 is 14.2 Å². The van der Waals surface area contributed by atoms with Crippen LogP contribution in [-0.4, -0.2) is 22.4 Å². The highest BCUT2D eigenvalue weighted by molar-refractivity contribution is 6.32. The van der Waals surface area contributed by atoms with Gasteiger partial charge in [-0.3, -0.25) is 4.98 Å². The first-order chi connectivity index (χ1) is 19.6. The number of rotatable bonds is 7. The average Bonchev–Trinajstić information content (AvgIpc) is 2.94. The van der Waals surface area contributed by atoms with E-state index in [1.54, 1.807) is 73.7 Å². The van der Waals surface area contributed by atoms with Crippen molar-refractivity contribution in [1.82, 2.24) is 4.98 Å². The van der Waals surface area contributed by atoms with Crippen LogP contribution in [-0.2, 0) is 6.61 Å². The number of benzene rings is 4. The maximum absolute atomic E-state index is 13.1. The van der Waals surface area contributed by atoms with Gasteiger partial charge in [-0.1, -0.05) is 41.9 Å². The highest BCUT2D eigenvalue weighted by Crippen LogP contribution is 2.41. The van der Waals surface area contributed by atoms with Crippen molar-refractivity contribution < 1.29 is 37.3 Å². The molecule has 5 rings (SSSR count). The molecule has 0 fully saturated rings. The van der Waals surface area contributed by atoms with Crippen LogP contribution in [0.4, 0.5) is 13.2 Å². The topological polar surface area (TPSA) is 77.9 Å². The molecular formula is C31H21ClF3NO5. The van der Waals surface area contributed by atoms with E-state index in [1.165, 1.54) is 12.1 Å². The minimum absolute atomic E-state index is 0.252. The second kappa shape index (κ2) is 11.5. The first kappa shape index (κ1) is 27.9. The SMILES string of the molecule is Cc1nc2cc(CO)c(Cl)cc2c(OC(=O)c2ccccc2)c1-c1ccc(Oc2ccc(OC(F)(F)F)cc2)cc1. The summed E-state index contributed by atoms with van der Waals surface area (Å²) < 4.78 is 52.9. The van der Waals surface area contributed by atoms with Crippen LogP contribution in [0.2, 0.25) is 5.02 Å². The van der Waals surface area contributed by atoms with Gasteiger partial charge in [-0.05, 0) is 78.7 Å². The molecule has 6 nitrogen and oxygen atoms in total. The number of halogens is 4. The maximum atomic E-state index is 13.1. The van der Waals surface area contributed by atoms with Crippen molar-refractivity contribution in [1.29, 1.82) is 0 Å². The summed E-state index contributed by atoms with van der Waals surface area (Å²) in [5, 5.41) is 10.5. The van der Waals surface area contributed by atoms with Crippen molar-refractivity contribution in [2.45, 2.75) is 19.9 Å². The van der Waals surface area contributed by atoms with E-state index in [2.05, 4.69) is 9.72 Å². The molecule has 208 valence electrons. The van der Waals surface area contributed by atoms with Gasteiger partial charge >= 0.3 is 12.3 Å². The zero-order valence-corrected chi connectivity index (χ0v) is 22.2. The summed E-state index contributed by atoms with van der Waals surface area (Å²) in [6.07, 6.45) is -4.78. The lowest BCUT2D eigenvalue weighted by molar-refractivity contribution is -0.274. The fraction of sp³-hybridized carbons (Fsp3) is 0.0968. The number of hydrogen-bond acceptors (Lipinski definition) is 6. The van der Waals surface area contributed by atoms with Gasteiger partial charge in [0.2, 0.25) is 0 Å². The Morgan fingerprint density at radius 3 is 2.12 bits per heavy atom. The van der Waals surface area contributed by atoms with Gasteiger partial charge in [0, 0.05) is 21.7 Å². The Morgan fingerprint density at radius 2 is 1.51 bits per heavy atom. The third kappa shape index (κ3) is 6.42. The predicted octanol–water partition coefficient (Wildman–Crippen LogP) is 8.27. The average molecular weight is 580 g/mol. The first-order valence-electron chi connectivity index (χ1n) is 12.3. The minimum atomic E-state index is -4.78. The number of nitrogens with zero attached hydrogens (tertiary/aromatic N) is 1. The molecule has 0 saturated carbocycles. The predicted molar refractivity (Wildman–Crippen MR) is 147 cm³/mol. The molecule has 4 aromatic carbocycles. The Hall–Kier alpha value is -4.60. The van der Waals surface area contributed by atoms with Gasteiger partial charge in [-0.15, -0.1) is 13.2 Å². The summed E-state index contributed by atoms with van der Waals surface area (Å²) in [7, 11) is 0. The maximum Gasteiger partial charge on any atom is 0.573 e. The van der Waals surface area contributed by atoms with Gasteiger partial charge in [-0.25, -0.2) is 4.79 Å². The van der Waals surface area contributed by atoms with Crippen molar-refractivity contribution in [3.63, 3.8) is 0 Å². The number of carbonyl (C=O) groups excluding carboxylic acids is 1. The van der Waals surface area contributed by atoms with E-state index in [9.17, 15) is 23.1 Å². The lowest BCUT2D eigenvalue weighted by Crippen LogP contribution is -2.16. The van der Waals surface area contributed by atoms with Crippen molar-refractivity contribution in [3.8, 4) is 34.1 Å². The lowest BCUT2D eigenvalue weighted by atomic mass is 9.99. The molecule has 0 atom stereocenters. The van der Waals surface area contributed by atoms with Crippen molar-refractivity contribution in [3.05, 3.63) is 113 Å². The van der Waals surface area contributed by atoms with Gasteiger partial charge in [0.15, 0.2) is 0 Å². The number of aliphatic hydroxyl groups excluding tert-OH is 1. The second-order valence-corrected chi connectivity index (χ2v) is 9.33. The molecule has 1 aromatic heterocycles. The highest BCUT2D eigenvalue weighted by atomic mass is 35.5. The molecule has 0 spiro atoms. The van der Waals surface area contributed by atoms with E-state index in [-0.39, 0.29) is 18.1 Å². The van der Waals surface area contributed by atoms with Crippen LogP contribution in [0.25, 0.3) is 22.0 Å². The van der Waals surface area contributed by atoms with Crippen molar-refractivity contribution in [2.24, 2.45) is 0 Å². The molecule has 0 amide bonds. The molecule has 0 saturated heterocycles. The van der Waals surface area contributed by atoms with Crippen LogP contribution in [0.1, 0.15) is 21.6 Å². The van der Waals surface area contributed by atoms with Gasteiger partial charge < -0.3 is 19.3 Å². The molecule has 1 N–H and O–H groups in total. The molecule has 0 aliphatic heterocycles. The molecule has 5 aromatic rings. The molecule has 0 aliphatic carbocycles. The summed E-state index contributed by atoms with van der Waals surface area (Å²) in [6.45, 7) is 1.49. The molecule has 10 heteroatoms. The van der Waals surface area contributed by atoms with Gasteiger partial charge in [0.25, 0.3) is 0 Å². The number of pyridine rings is 1. The molecular weight excluding hydrogens is 559 g/mol. The number of ether oxygens (including phenoxy) is 3. The minimum Gasteiger partial charge on any atom is -0.457 e. The molecule has 1 heterocycles. The molecule has 0 bridgehead atoms. The molecule has 0 unspecified atom stereocenters. The second-order valence-electron chi connectivity index (χ2n) is 8.92. The van der Waals surface area contributed by atoms with Crippen molar-refractivity contribution in [2.75, 3.05) is 0 Å². The number of alkyl halides is 3. The van der Waals surface area contributed by atoms with E-state index in [4.69, 9.17) is 21.1 Å². The third-order valence-corrected chi connectivity index (χ3v) is 6.45. The standard InChI is InChI=1S/C31H21ClF3NO5/c1-18-28(19-7-9-22(10-8-19)39-23-11-13-24(14-12-23)41-31(33,34)35)29(40-30(38)20-5-3-2-4-6-20)25-16-26(32)21(17-37)15-27(25)36-18/h2-16,37H,17H2,1H3. The van der Waals surface area contributed by atoms with Gasteiger partial charge in [0.05, 0.1) is 17.7 Å². The van der Waals surface area contributed by atoms with Gasteiger partial charge in [-0.2, -0.15) is 0 Å². The number of hydrogen-bond donors (Lipinski definition) is 1. The van der Waals surface area contributed by atoms with Crippen LogP contribution in [0.15, 0.2) is 91.0 Å². The number of fused-ring (bicyclic) bond motifs is 1. The van der Waals surface area contributed by atoms with Crippen LogP contribution in [0.5, 0.6) is 23.0 Å². The molecule has 0 radical (unpaired) electrons. The smallest absolute Gasteiger partial charge is 0.457 e. The zero-order chi connectivity index (χ0) is 29.1. The zero-order valence-electron chi connectivity index (χ0n) is 21.4. The third-order valence-electron chi connectivity index (χ3n) is 6.10. The Labute approximate surface area is 237 Å². The van der Waals surface area contributed by atoms with Crippen molar-refractivity contribution >= 4 is 28.5 Å². The monoisotopic (exact) mass is 579 g/mol. The largest absolute Gasteiger partial charge is 0.573 e. The summed E-state index contributed by atoms with van der Waals surface area (Å²) in [5.41, 5.74) is 3.11. The number of carbonyl (C=O) groups is 1. The van der Waals surface area contributed by atoms with E-state index in [0.29, 0.717) is 55.4 Å². The molecule has 41 heavy (non-hydrogen) atoms. The molecule has 0 aliphatic rings. The number of aliphatic hydroxyl groups is 1. The van der Waals surface area contributed by atoms with Crippen LogP contribution in [0.3, 0.4) is 0 Å². The number of aromatic nitrogens is 1. The van der Waals surface area contributed by atoms with E-state index >= 15 is 0 Å². The van der Waals surface area contributed by atoms with E-state index in [1.807, 2.05) is 0 Å². The Balaban J connectivity index is 1.51. The lowest BCUT2D eigenvalue weighted by Gasteiger charge is -2.17. The van der Waals surface area contributed by atoms with E-state index < -0.39 is 12.3 Å².